The molecule has 1 amide bonds. The number of rotatable bonds is 5. The predicted molar refractivity (Wildman–Crippen MR) is 101 cm³/mol. The molecule has 2 aromatic rings. The summed E-state index contributed by atoms with van der Waals surface area (Å²) in [5.74, 6) is -0.228. The Morgan fingerprint density at radius 3 is 2.52 bits per heavy atom. The Kier molecular flexibility index (Phi) is 5.43. The third kappa shape index (κ3) is 4.14. The lowest BCUT2D eigenvalue weighted by atomic mass is 9.85. The molecule has 9 heteroatoms. The first-order valence-electron chi connectivity index (χ1n) is 8.99. The Morgan fingerprint density at radius 2 is 1.93 bits per heavy atom. The van der Waals surface area contributed by atoms with Crippen molar-refractivity contribution in [3.63, 3.8) is 0 Å². The molecule has 0 bridgehead atoms. The summed E-state index contributed by atoms with van der Waals surface area (Å²) in [4.78, 5) is 23.6. The highest BCUT2D eigenvalue weighted by Crippen LogP contribution is 2.44. The normalized spacial score (nSPS) is 19.7. The zero-order chi connectivity index (χ0) is 21.3. The van der Waals surface area contributed by atoms with Gasteiger partial charge in [-0.1, -0.05) is 12.1 Å². The zero-order valence-electron chi connectivity index (χ0n) is 15.9. The van der Waals surface area contributed by atoms with E-state index in [1.807, 2.05) is 0 Å². The van der Waals surface area contributed by atoms with Crippen LogP contribution in [0.15, 0.2) is 42.5 Å². The zero-order valence-corrected chi connectivity index (χ0v) is 15.9. The summed E-state index contributed by atoms with van der Waals surface area (Å²) >= 11 is 0. The molecular formula is C20H21FN2O6. The van der Waals surface area contributed by atoms with Gasteiger partial charge in [0.05, 0.1) is 17.0 Å². The number of carboxylic acid groups (broad SMARTS) is 1. The molecule has 1 heterocycles. The third-order valence-electron chi connectivity index (χ3n) is 5.05. The number of hydrogen-bond donors (Lipinski definition) is 2. The Balaban J connectivity index is 1.97. The molecule has 2 N–H and O–H groups in total. The summed E-state index contributed by atoms with van der Waals surface area (Å²) < 4.78 is 18.8. The van der Waals surface area contributed by atoms with Gasteiger partial charge in [-0.15, -0.1) is 0 Å². The number of hydrogen-bond acceptors (Lipinski definition) is 5. The van der Waals surface area contributed by atoms with Gasteiger partial charge in [0.15, 0.2) is 0 Å². The van der Waals surface area contributed by atoms with Gasteiger partial charge in [-0.2, -0.15) is 0 Å². The molecule has 3 rings (SSSR count). The second-order valence-corrected chi connectivity index (χ2v) is 7.43. The van der Waals surface area contributed by atoms with E-state index < -0.39 is 28.8 Å². The Bertz CT molecular complexity index is 931. The van der Waals surface area contributed by atoms with E-state index in [4.69, 9.17) is 4.74 Å². The minimum absolute atomic E-state index is 0.0369. The number of carbonyl (C=O) groups is 1. The molecule has 0 spiro atoms. The van der Waals surface area contributed by atoms with Gasteiger partial charge in [0.1, 0.15) is 23.3 Å². The van der Waals surface area contributed by atoms with Gasteiger partial charge in [-0.3, -0.25) is 15.0 Å². The lowest BCUT2D eigenvalue weighted by Gasteiger charge is -2.45. The predicted octanol–water partition coefficient (Wildman–Crippen LogP) is 3.53. The smallest absolute Gasteiger partial charge is 0.407 e. The largest absolute Gasteiger partial charge is 0.484 e. The lowest BCUT2D eigenvalue weighted by Crippen LogP contribution is -2.54. The molecule has 0 radical (unpaired) electrons. The van der Waals surface area contributed by atoms with Gasteiger partial charge >= 0.3 is 6.09 Å². The molecule has 29 heavy (non-hydrogen) atoms. The van der Waals surface area contributed by atoms with Crippen LogP contribution < -0.4 is 4.74 Å². The van der Waals surface area contributed by atoms with Gasteiger partial charge in [0, 0.05) is 18.2 Å². The van der Waals surface area contributed by atoms with Crippen molar-refractivity contribution in [2.75, 3.05) is 6.54 Å². The van der Waals surface area contributed by atoms with Crippen LogP contribution in [0.25, 0.3) is 0 Å². The topological polar surface area (TPSA) is 113 Å². The maximum Gasteiger partial charge on any atom is 0.407 e. The number of non-ortho nitro benzene ring substituents is 1. The Hall–Kier alpha value is -3.20. The van der Waals surface area contributed by atoms with Crippen molar-refractivity contribution in [1.82, 2.24) is 4.90 Å². The Labute approximate surface area is 166 Å². The summed E-state index contributed by atoms with van der Waals surface area (Å²) in [6.45, 7) is 3.22. The number of aliphatic hydroxyl groups is 1. The SMILES string of the molecule is CC1(C)Oc2cc([N+](=O)[O-])ccc2[C@H](N(CCc2ccc(F)cc2)C(=O)O)[C@H]1O. The van der Waals surface area contributed by atoms with Crippen molar-refractivity contribution in [3.05, 3.63) is 69.5 Å². The van der Waals surface area contributed by atoms with E-state index in [0.717, 1.165) is 10.5 Å². The van der Waals surface area contributed by atoms with Crippen molar-refractivity contribution < 1.29 is 29.1 Å². The molecule has 1 aliphatic heterocycles. The molecule has 0 aromatic heterocycles. The van der Waals surface area contributed by atoms with Crippen molar-refractivity contribution in [2.24, 2.45) is 0 Å². The first-order valence-corrected chi connectivity index (χ1v) is 8.99. The fourth-order valence-corrected chi connectivity index (χ4v) is 3.46. The molecule has 0 aliphatic carbocycles. The molecule has 2 atom stereocenters. The average Bonchev–Trinajstić information content (AvgIpc) is 2.65. The molecule has 8 nitrogen and oxygen atoms in total. The number of benzene rings is 2. The number of nitro groups is 1. The van der Waals surface area contributed by atoms with E-state index in [0.29, 0.717) is 12.0 Å². The van der Waals surface area contributed by atoms with Crippen LogP contribution in [0.5, 0.6) is 5.75 Å². The van der Waals surface area contributed by atoms with E-state index in [2.05, 4.69) is 0 Å². The van der Waals surface area contributed by atoms with Crippen LogP contribution >= 0.6 is 0 Å². The molecule has 0 unspecified atom stereocenters. The summed E-state index contributed by atoms with van der Waals surface area (Å²) in [7, 11) is 0. The number of nitro benzene ring substituents is 1. The fraction of sp³-hybridized carbons (Fsp3) is 0.350. The summed E-state index contributed by atoms with van der Waals surface area (Å²) in [6, 6.07) is 8.63. The first kappa shape index (κ1) is 20.5. The van der Waals surface area contributed by atoms with Crippen LogP contribution in [-0.2, 0) is 6.42 Å². The number of nitrogens with zero attached hydrogens (tertiary/aromatic N) is 2. The van der Waals surface area contributed by atoms with Gasteiger partial charge in [0.2, 0.25) is 0 Å². The summed E-state index contributed by atoms with van der Waals surface area (Å²) in [5, 5.41) is 31.8. The molecule has 0 saturated heterocycles. The highest BCUT2D eigenvalue weighted by molar-refractivity contribution is 5.67. The highest BCUT2D eigenvalue weighted by atomic mass is 19.1. The second-order valence-electron chi connectivity index (χ2n) is 7.43. The summed E-state index contributed by atoms with van der Waals surface area (Å²) in [5.41, 5.74) is -0.273. The van der Waals surface area contributed by atoms with E-state index in [9.17, 15) is 29.5 Å². The molecule has 1 aliphatic rings. The van der Waals surface area contributed by atoms with Crippen LogP contribution in [-0.4, -0.2) is 44.4 Å². The van der Waals surface area contributed by atoms with Gasteiger partial charge in [0.25, 0.3) is 5.69 Å². The highest BCUT2D eigenvalue weighted by Gasteiger charge is 2.47. The standard InChI is InChI=1S/C20H21FN2O6/c1-20(2)18(24)17(15-8-7-14(23(27)28)11-16(15)29-20)22(19(25)26)10-9-12-3-5-13(21)6-4-12/h3-8,11,17-18,24H,9-10H2,1-2H3,(H,25,26)/t17-,18+/m0/s1. The maximum atomic E-state index is 13.1. The quantitative estimate of drug-likeness (QED) is 0.582. The minimum atomic E-state index is -1.25. The molecule has 0 saturated carbocycles. The minimum Gasteiger partial charge on any atom is -0.484 e. The van der Waals surface area contributed by atoms with Crippen LogP contribution in [0.4, 0.5) is 14.9 Å². The van der Waals surface area contributed by atoms with E-state index in [1.165, 1.54) is 30.3 Å². The molecule has 2 aromatic carbocycles. The third-order valence-corrected chi connectivity index (χ3v) is 5.05. The second kappa shape index (κ2) is 7.67. The Morgan fingerprint density at radius 1 is 1.28 bits per heavy atom. The molecule has 154 valence electrons. The number of ether oxygens (including phenoxy) is 1. The van der Waals surface area contributed by atoms with E-state index in [-0.39, 0.29) is 23.8 Å². The van der Waals surface area contributed by atoms with Gasteiger partial charge < -0.3 is 14.9 Å². The average molecular weight is 404 g/mol. The number of amides is 1. The maximum absolute atomic E-state index is 13.1. The van der Waals surface area contributed by atoms with Crippen molar-refractivity contribution in [1.29, 1.82) is 0 Å². The van der Waals surface area contributed by atoms with Crippen molar-refractivity contribution in [2.45, 2.75) is 38.0 Å². The fourth-order valence-electron chi connectivity index (χ4n) is 3.46. The van der Waals surface area contributed by atoms with E-state index in [1.54, 1.807) is 26.0 Å². The van der Waals surface area contributed by atoms with E-state index >= 15 is 0 Å². The van der Waals surface area contributed by atoms with Gasteiger partial charge in [-0.25, -0.2) is 9.18 Å². The van der Waals surface area contributed by atoms with Crippen LogP contribution in [0.1, 0.15) is 31.0 Å². The monoisotopic (exact) mass is 404 g/mol. The first-order chi connectivity index (χ1) is 13.6. The van der Waals surface area contributed by atoms with Crippen molar-refractivity contribution >= 4 is 11.8 Å². The van der Waals surface area contributed by atoms with Crippen molar-refractivity contribution in [3.8, 4) is 5.75 Å². The summed E-state index contributed by atoms with van der Waals surface area (Å²) in [6.07, 6.45) is -2.15. The lowest BCUT2D eigenvalue weighted by molar-refractivity contribution is -0.385. The number of fused-ring (bicyclic) bond motifs is 1. The number of aliphatic hydroxyl groups excluding tert-OH is 1. The van der Waals surface area contributed by atoms with Gasteiger partial charge in [-0.05, 0) is 44.0 Å². The molecular weight excluding hydrogens is 383 g/mol. The van der Waals surface area contributed by atoms with Crippen LogP contribution in [0.2, 0.25) is 0 Å². The van der Waals surface area contributed by atoms with Crippen LogP contribution in [0.3, 0.4) is 0 Å². The number of halogens is 1. The van der Waals surface area contributed by atoms with Crippen LogP contribution in [0, 0.1) is 15.9 Å². The molecule has 0 fully saturated rings.